The van der Waals surface area contributed by atoms with E-state index in [-0.39, 0.29) is 5.97 Å². The molecule has 0 aromatic heterocycles. The third kappa shape index (κ3) is 3.45. The van der Waals surface area contributed by atoms with E-state index in [0.29, 0.717) is 13.2 Å². The van der Waals surface area contributed by atoms with Crippen molar-refractivity contribution in [2.75, 3.05) is 13.2 Å². The van der Waals surface area contributed by atoms with Crippen LogP contribution in [-0.4, -0.2) is 19.1 Å². The van der Waals surface area contributed by atoms with E-state index < -0.39 is 5.41 Å². The van der Waals surface area contributed by atoms with Gasteiger partial charge in [-0.05, 0) is 20.8 Å². The molecule has 0 saturated heterocycles. The summed E-state index contributed by atoms with van der Waals surface area (Å²) in [5, 5.41) is 0. The van der Waals surface area contributed by atoms with Gasteiger partial charge in [0.1, 0.15) is 6.61 Å². The molecular weight excluding hydrogens is 130 g/mol. The zero-order chi connectivity index (χ0) is 8.20. The maximum Gasteiger partial charge on any atom is 0.311 e. The first-order chi connectivity index (χ1) is 4.48. The van der Waals surface area contributed by atoms with Crippen molar-refractivity contribution in [3.63, 3.8) is 0 Å². The number of hydrogen-bond acceptors (Lipinski definition) is 3. The minimum Gasteiger partial charge on any atom is -0.464 e. The van der Waals surface area contributed by atoms with Crippen molar-refractivity contribution in [3.05, 3.63) is 0 Å². The number of hydrogen-bond donors (Lipinski definition) is 1. The lowest BCUT2D eigenvalue weighted by Gasteiger charge is -2.15. The molecule has 0 heterocycles. The number of rotatable bonds is 2. The summed E-state index contributed by atoms with van der Waals surface area (Å²) in [4.78, 5) is 10.9. The van der Waals surface area contributed by atoms with Crippen molar-refractivity contribution in [1.82, 2.24) is 0 Å². The highest BCUT2D eigenvalue weighted by Gasteiger charge is 2.22. The van der Waals surface area contributed by atoms with E-state index >= 15 is 0 Å². The first-order valence-corrected chi connectivity index (χ1v) is 3.36. The summed E-state index contributed by atoms with van der Waals surface area (Å²) >= 11 is 0. The number of nitrogens with two attached hydrogens (primary N) is 1. The fourth-order valence-electron chi connectivity index (χ4n) is 0.368. The molecule has 10 heavy (non-hydrogen) atoms. The lowest BCUT2D eigenvalue weighted by Crippen LogP contribution is -2.25. The van der Waals surface area contributed by atoms with Crippen molar-refractivity contribution in [2.45, 2.75) is 20.8 Å². The molecule has 0 aliphatic carbocycles. The zero-order valence-electron chi connectivity index (χ0n) is 6.81. The smallest absolute Gasteiger partial charge is 0.311 e. The quantitative estimate of drug-likeness (QED) is 0.577. The van der Waals surface area contributed by atoms with Crippen LogP contribution in [-0.2, 0) is 9.53 Å². The predicted octanol–water partition coefficient (Wildman–Crippen LogP) is 0.534. The molecule has 0 atom stereocenters. The number of carbonyl (C=O) groups is 1. The molecule has 0 bridgehead atoms. The molecule has 3 nitrogen and oxygen atoms in total. The van der Waals surface area contributed by atoms with Gasteiger partial charge in [-0.1, -0.05) is 0 Å². The Balaban J connectivity index is 3.64. The second kappa shape index (κ2) is 3.56. The van der Waals surface area contributed by atoms with E-state index in [0.717, 1.165) is 0 Å². The van der Waals surface area contributed by atoms with E-state index in [4.69, 9.17) is 10.5 Å². The lowest BCUT2D eigenvalue weighted by molar-refractivity contribution is -0.152. The van der Waals surface area contributed by atoms with Crippen LogP contribution in [0.3, 0.4) is 0 Å². The van der Waals surface area contributed by atoms with Crippen LogP contribution in [0.4, 0.5) is 0 Å². The van der Waals surface area contributed by atoms with Gasteiger partial charge in [0.15, 0.2) is 0 Å². The molecule has 0 amide bonds. The maximum absolute atomic E-state index is 10.9. The van der Waals surface area contributed by atoms with Crippen LogP contribution in [0.25, 0.3) is 0 Å². The molecule has 0 aromatic carbocycles. The molecule has 0 spiro atoms. The maximum atomic E-state index is 10.9. The van der Waals surface area contributed by atoms with Crippen LogP contribution in [0.1, 0.15) is 20.8 Å². The average molecular weight is 145 g/mol. The third-order valence-electron chi connectivity index (χ3n) is 0.963. The Labute approximate surface area is 61.5 Å². The minimum atomic E-state index is -0.408. The molecule has 60 valence electrons. The SMILES string of the molecule is CC(C)(C)C(=O)OCCN. The Hall–Kier alpha value is -0.570. The molecule has 0 aliphatic heterocycles. The third-order valence-corrected chi connectivity index (χ3v) is 0.963. The van der Waals surface area contributed by atoms with Gasteiger partial charge in [0.05, 0.1) is 5.41 Å². The Morgan fingerprint density at radius 1 is 1.50 bits per heavy atom. The van der Waals surface area contributed by atoms with Crippen LogP contribution in [0.2, 0.25) is 0 Å². The molecule has 0 aromatic rings. The summed E-state index contributed by atoms with van der Waals surface area (Å²) in [7, 11) is 0. The molecule has 2 N–H and O–H groups in total. The van der Waals surface area contributed by atoms with E-state index in [1.165, 1.54) is 0 Å². The summed E-state index contributed by atoms with van der Waals surface area (Å²) < 4.78 is 4.79. The lowest BCUT2D eigenvalue weighted by atomic mass is 9.97. The summed E-state index contributed by atoms with van der Waals surface area (Å²) in [6, 6.07) is 0. The van der Waals surface area contributed by atoms with Crippen molar-refractivity contribution in [3.8, 4) is 0 Å². The first kappa shape index (κ1) is 9.43. The van der Waals surface area contributed by atoms with Gasteiger partial charge in [-0.25, -0.2) is 0 Å². The van der Waals surface area contributed by atoms with E-state index in [1.807, 2.05) is 20.8 Å². The van der Waals surface area contributed by atoms with Crippen molar-refractivity contribution >= 4 is 5.97 Å². The fourth-order valence-corrected chi connectivity index (χ4v) is 0.368. The number of carbonyl (C=O) groups excluding carboxylic acids is 1. The predicted molar refractivity (Wildman–Crippen MR) is 39.5 cm³/mol. The highest BCUT2D eigenvalue weighted by molar-refractivity contribution is 5.75. The molecule has 0 unspecified atom stereocenters. The average Bonchev–Trinajstić information content (AvgIpc) is 1.80. The second-order valence-electron chi connectivity index (χ2n) is 3.17. The Bertz CT molecular complexity index is 115. The van der Waals surface area contributed by atoms with Crippen LogP contribution in [0.5, 0.6) is 0 Å². The van der Waals surface area contributed by atoms with Gasteiger partial charge in [0.2, 0.25) is 0 Å². The summed E-state index contributed by atoms with van der Waals surface area (Å²) in [5.74, 6) is -0.196. The van der Waals surface area contributed by atoms with Crippen LogP contribution < -0.4 is 5.73 Å². The standard InChI is InChI=1S/C7H15NO2/c1-7(2,3)6(9)10-5-4-8/h4-5,8H2,1-3H3. The Morgan fingerprint density at radius 3 is 2.30 bits per heavy atom. The van der Waals surface area contributed by atoms with Gasteiger partial charge in [-0.3, -0.25) is 4.79 Å². The highest BCUT2D eigenvalue weighted by atomic mass is 16.5. The molecule has 0 fully saturated rings. The van der Waals surface area contributed by atoms with E-state index in [9.17, 15) is 4.79 Å². The highest BCUT2D eigenvalue weighted by Crippen LogP contribution is 2.14. The summed E-state index contributed by atoms with van der Waals surface area (Å²) in [5.41, 5.74) is 4.74. The van der Waals surface area contributed by atoms with Gasteiger partial charge < -0.3 is 10.5 Å². The summed E-state index contributed by atoms with van der Waals surface area (Å²) in [6.45, 7) is 6.14. The summed E-state index contributed by atoms with van der Waals surface area (Å²) in [6.07, 6.45) is 0. The first-order valence-electron chi connectivity index (χ1n) is 3.36. The fraction of sp³-hybridized carbons (Fsp3) is 0.857. The number of ether oxygens (including phenoxy) is 1. The van der Waals surface area contributed by atoms with Crippen molar-refractivity contribution in [1.29, 1.82) is 0 Å². The molecule has 0 rings (SSSR count). The molecular formula is C7H15NO2. The van der Waals surface area contributed by atoms with Crippen LogP contribution in [0.15, 0.2) is 0 Å². The van der Waals surface area contributed by atoms with Crippen LogP contribution >= 0.6 is 0 Å². The molecule has 0 saturated carbocycles. The van der Waals surface area contributed by atoms with E-state index in [2.05, 4.69) is 0 Å². The number of esters is 1. The Kier molecular flexibility index (Phi) is 3.36. The van der Waals surface area contributed by atoms with Gasteiger partial charge >= 0.3 is 5.97 Å². The second-order valence-corrected chi connectivity index (χ2v) is 3.17. The molecule has 3 heteroatoms. The van der Waals surface area contributed by atoms with Crippen LogP contribution in [0, 0.1) is 5.41 Å². The zero-order valence-corrected chi connectivity index (χ0v) is 6.81. The van der Waals surface area contributed by atoms with Gasteiger partial charge in [-0.2, -0.15) is 0 Å². The van der Waals surface area contributed by atoms with Gasteiger partial charge in [0.25, 0.3) is 0 Å². The largest absolute Gasteiger partial charge is 0.464 e. The molecule has 0 radical (unpaired) electrons. The normalized spacial score (nSPS) is 11.2. The van der Waals surface area contributed by atoms with E-state index in [1.54, 1.807) is 0 Å². The van der Waals surface area contributed by atoms with Gasteiger partial charge in [0, 0.05) is 6.54 Å². The Morgan fingerprint density at radius 2 is 2.00 bits per heavy atom. The van der Waals surface area contributed by atoms with Gasteiger partial charge in [-0.15, -0.1) is 0 Å². The monoisotopic (exact) mass is 145 g/mol. The van der Waals surface area contributed by atoms with Crippen molar-refractivity contribution < 1.29 is 9.53 Å². The minimum absolute atomic E-state index is 0.196. The molecule has 0 aliphatic rings. The van der Waals surface area contributed by atoms with Crippen molar-refractivity contribution in [2.24, 2.45) is 11.1 Å². The topological polar surface area (TPSA) is 52.3 Å².